The van der Waals surface area contributed by atoms with Crippen LogP contribution >= 0.6 is 12.4 Å². The van der Waals surface area contributed by atoms with E-state index in [1.54, 1.807) is 0 Å². The van der Waals surface area contributed by atoms with Crippen LogP contribution < -0.4 is 0 Å². The van der Waals surface area contributed by atoms with Crippen LogP contribution in [0.15, 0.2) is 48.5 Å². The van der Waals surface area contributed by atoms with Gasteiger partial charge in [0.15, 0.2) is 0 Å². The Morgan fingerprint density at radius 1 is 1.08 bits per heavy atom. The SMILES string of the molecule is Cc1cccc2c1CC(CCN(C)C)(c1ccccc1)OC2=O.Cl. The number of hydrogen-bond donors (Lipinski definition) is 0. The minimum Gasteiger partial charge on any atom is -0.450 e. The van der Waals surface area contributed by atoms with Crippen molar-refractivity contribution >= 4 is 18.4 Å². The van der Waals surface area contributed by atoms with Crippen molar-refractivity contribution in [2.24, 2.45) is 0 Å². The molecule has 0 fully saturated rings. The van der Waals surface area contributed by atoms with E-state index >= 15 is 0 Å². The number of esters is 1. The summed E-state index contributed by atoms with van der Waals surface area (Å²) in [7, 11) is 4.09. The molecule has 0 radical (unpaired) electrons. The van der Waals surface area contributed by atoms with Crippen molar-refractivity contribution in [2.45, 2.75) is 25.4 Å². The smallest absolute Gasteiger partial charge is 0.339 e. The Morgan fingerprint density at radius 3 is 2.46 bits per heavy atom. The Balaban J connectivity index is 0.00000208. The predicted octanol–water partition coefficient (Wildman–Crippen LogP) is 3.98. The maximum atomic E-state index is 12.6. The zero-order valence-corrected chi connectivity index (χ0v) is 15.2. The molecule has 1 heterocycles. The second kappa shape index (κ2) is 7.37. The molecule has 0 aromatic heterocycles. The fourth-order valence-electron chi connectivity index (χ4n) is 3.27. The van der Waals surface area contributed by atoms with E-state index in [2.05, 4.69) is 30.0 Å². The second-order valence-electron chi connectivity index (χ2n) is 6.58. The first-order valence-corrected chi connectivity index (χ1v) is 8.04. The van der Waals surface area contributed by atoms with Gasteiger partial charge in [0.25, 0.3) is 0 Å². The number of nitrogens with zero attached hydrogens (tertiary/aromatic N) is 1. The maximum Gasteiger partial charge on any atom is 0.339 e. The van der Waals surface area contributed by atoms with E-state index in [-0.39, 0.29) is 18.4 Å². The average Bonchev–Trinajstić information content (AvgIpc) is 2.55. The Hall–Kier alpha value is -1.84. The lowest BCUT2D eigenvalue weighted by Crippen LogP contribution is -2.41. The molecule has 3 rings (SSSR count). The van der Waals surface area contributed by atoms with Crippen LogP contribution in [0.4, 0.5) is 0 Å². The summed E-state index contributed by atoms with van der Waals surface area (Å²) in [6.07, 6.45) is 1.52. The summed E-state index contributed by atoms with van der Waals surface area (Å²) in [5, 5.41) is 0. The van der Waals surface area contributed by atoms with Crippen molar-refractivity contribution in [3.8, 4) is 0 Å². The van der Waals surface area contributed by atoms with Gasteiger partial charge in [-0.3, -0.25) is 0 Å². The number of cyclic esters (lactones) is 1. The molecule has 128 valence electrons. The van der Waals surface area contributed by atoms with Crippen LogP contribution in [0.2, 0.25) is 0 Å². The molecule has 0 saturated heterocycles. The van der Waals surface area contributed by atoms with E-state index in [0.29, 0.717) is 5.56 Å². The highest BCUT2D eigenvalue weighted by Crippen LogP contribution is 2.40. The van der Waals surface area contributed by atoms with Gasteiger partial charge < -0.3 is 9.64 Å². The number of rotatable bonds is 4. The fraction of sp³-hybridized carbons (Fsp3) is 0.350. The van der Waals surface area contributed by atoms with Crippen molar-refractivity contribution in [3.63, 3.8) is 0 Å². The van der Waals surface area contributed by atoms with Gasteiger partial charge in [-0.05, 0) is 43.8 Å². The topological polar surface area (TPSA) is 29.5 Å². The number of ether oxygens (including phenoxy) is 1. The monoisotopic (exact) mass is 345 g/mol. The largest absolute Gasteiger partial charge is 0.450 e. The highest BCUT2D eigenvalue weighted by Gasteiger charge is 2.42. The highest BCUT2D eigenvalue weighted by molar-refractivity contribution is 5.93. The van der Waals surface area contributed by atoms with Gasteiger partial charge in [0.05, 0.1) is 5.56 Å². The molecular weight excluding hydrogens is 322 g/mol. The van der Waals surface area contributed by atoms with Crippen molar-refractivity contribution in [1.82, 2.24) is 4.90 Å². The maximum absolute atomic E-state index is 12.6. The van der Waals surface area contributed by atoms with Crippen LogP contribution in [-0.2, 0) is 16.8 Å². The van der Waals surface area contributed by atoms with E-state index in [1.807, 2.05) is 44.4 Å². The van der Waals surface area contributed by atoms with Gasteiger partial charge in [0, 0.05) is 19.4 Å². The number of fused-ring (bicyclic) bond motifs is 1. The Kier molecular flexibility index (Phi) is 5.68. The quantitative estimate of drug-likeness (QED) is 0.785. The fourth-order valence-corrected chi connectivity index (χ4v) is 3.27. The first kappa shape index (κ1) is 18.5. The van der Waals surface area contributed by atoms with Crippen molar-refractivity contribution in [1.29, 1.82) is 0 Å². The molecule has 0 N–H and O–H groups in total. The molecule has 1 atom stereocenters. The molecule has 2 aromatic rings. The van der Waals surface area contributed by atoms with Crippen LogP contribution in [-0.4, -0.2) is 31.5 Å². The summed E-state index contributed by atoms with van der Waals surface area (Å²) in [6, 6.07) is 16.0. The molecule has 0 aliphatic carbocycles. The standard InChI is InChI=1S/C20H23NO2.ClH/c1-15-8-7-11-17-18(15)14-20(23-19(17)22,12-13-21(2)3)16-9-5-4-6-10-16;/h4-11H,12-14H2,1-3H3;1H. The number of halogens is 1. The summed E-state index contributed by atoms with van der Waals surface area (Å²) in [5.74, 6) is -0.211. The Morgan fingerprint density at radius 2 is 1.79 bits per heavy atom. The predicted molar refractivity (Wildman–Crippen MR) is 98.8 cm³/mol. The van der Waals surface area contributed by atoms with Crippen LogP contribution in [0.3, 0.4) is 0 Å². The molecular formula is C20H24ClNO2. The minimum atomic E-state index is -0.582. The lowest BCUT2D eigenvalue weighted by Gasteiger charge is -2.39. The molecule has 24 heavy (non-hydrogen) atoms. The zero-order chi connectivity index (χ0) is 16.4. The number of benzene rings is 2. The molecule has 2 aromatic carbocycles. The summed E-state index contributed by atoms with van der Waals surface area (Å²) in [5.41, 5.74) is 3.48. The summed E-state index contributed by atoms with van der Waals surface area (Å²) in [6.45, 7) is 2.93. The molecule has 1 aliphatic heterocycles. The molecule has 1 unspecified atom stereocenters. The second-order valence-corrected chi connectivity index (χ2v) is 6.58. The molecule has 0 saturated carbocycles. The third-order valence-corrected chi connectivity index (χ3v) is 4.64. The van der Waals surface area contributed by atoms with Crippen molar-refractivity contribution < 1.29 is 9.53 Å². The summed E-state index contributed by atoms with van der Waals surface area (Å²) in [4.78, 5) is 14.8. The van der Waals surface area contributed by atoms with E-state index in [4.69, 9.17) is 4.74 Å². The molecule has 1 aliphatic rings. The Labute approximate surface area is 150 Å². The molecule has 4 heteroatoms. The van der Waals surface area contributed by atoms with Gasteiger partial charge in [-0.25, -0.2) is 4.79 Å². The Bertz CT molecular complexity index is 715. The lowest BCUT2D eigenvalue weighted by atomic mass is 9.79. The zero-order valence-electron chi connectivity index (χ0n) is 14.4. The van der Waals surface area contributed by atoms with E-state index < -0.39 is 5.60 Å². The van der Waals surface area contributed by atoms with E-state index in [9.17, 15) is 4.79 Å². The third kappa shape index (κ3) is 3.47. The number of aryl methyl sites for hydroxylation is 1. The number of carbonyl (C=O) groups is 1. The van der Waals surface area contributed by atoms with Crippen LogP contribution in [0, 0.1) is 6.92 Å². The van der Waals surface area contributed by atoms with Gasteiger partial charge in [0.1, 0.15) is 5.60 Å². The lowest BCUT2D eigenvalue weighted by molar-refractivity contribution is -0.0356. The van der Waals surface area contributed by atoms with Crippen LogP contribution in [0.1, 0.15) is 33.5 Å². The van der Waals surface area contributed by atoms with Gasteiger partial charge in [0.2, 0.25) is 0 Å². The minimum absolute atomic E-state index is 0. The van der Waals surface area contributed by atoms with Gasteiger partial charge >= 0.3 is 5.97 Å². The molecule has 0 bridgehead atoms. The molecule has 3 nitrogen and oxygen atoms in total. The highest BCUT2D eigenvalue weighted by atomic mass is 35.5. The number of hydrogen-bond acceptors (Lipinski definition) is 3. The van der Waals surface area contributed by atoms with Gasteiger partial charge in [-0.2, -0.15) is 0 Å². The van der Waals surface area contributed by atoms with Crippen LogP contribution in [0.25, 0.3) is 0 Å². The van der Waals surface area contributed by atoms with Gasteiger partial charge in [-0.15, -0.1) is 12.4 Å². The van der Waals surface area contributed by atoms with Crippen molar-refractivity contribution in [3.05, 3.63) is 70.8 Å². The molecule has 0 amide bonds. The van der Waals surface area contributed by atoms with Gasteiger partial charge in [-0.1, -0.05) is 42.5 Å². The van der Waals surface area contributed by atoms with E-state index in [0.717, 1.165) is 36.1 Å². The van der Waals surface area contributed by atoms with Crippen LogP contribution in [0.5, 0.6) is 0 Å². The summed E-state index contributed by atoms with van der Waals surface area (Å²) >= 11 is 0. The summed E-state index contributed by atoms with van der Waals surface area (Å²) < 4.78 is 6.03. The normalized spacial score (nSPS) is 19.4. The first-order chi connectivity index (χ1) is 11.0. The number of carbonyl (C=O) groups excluding carboxylic acids is 1. The third-order valence-electron chi connectivity index (χ3n) is 4.64. The first-order valence-electron chi connectivity index (χ1n) is 8.04. The van der Waals surface area contributed by atoms with E-state index in [1.165, 1.54) is 0 Å². The average molecular weight is 346 g/mol. The molecule has 0 spiro atoms. The van der Waals surface area contributed by atoms with Crippen molar-refractivity contribution in [2.75, 3.05) is 20.6 Å².